The van der Waals surface area contributed by atoms with Gasteiger partial charge in [-0.2, -0.15) is 10.2 Å². The Bertz CT molecular complexity index is 1040. The summed E-state index contributed by atoms with van der Waals surface area (Å²) >= 11 is 6.08. The Labute approximate surface area is 147 Å². The van der Waals surface area contributed by atoms with Crippen LogP contribution in [0.2, 0.25) is 5.28 Å². The number of amides is 1. The number of aromatic nitrogens is 4. The topological polar surface area (TPSA) is 115 Å². The molecule has 0 spiro atoms. The van der Waals surface area contributed by atoms with Crippen molar-refractivity contribution in [1.82, 2.24) is 24.0 Å². The van der Waals surface area contributed by atoms with Crippen LogP contribution in [0.5, 0.6) is 0 Å². The molecule has 3 rings (SSSR count). The molecule has 2 aromatic rings. The van der Waals surface area contributed by atoms with Gasteiger partial charge in [0, 0.05) is 14.1 Å². The predicted octanol–water partition coefficient (Wildman–Crippen LogP) is -0.104. The molecule has 0 unspecified atom stereocenters. The van der Waals surface area contributed by atoms with E-state index in [9.17, 15) is 19.6 Å². The van der Waals surface area contributed by atoms with Gasteiger partial charge in [-0.25, -0.2) is 4.79 Å². The van der Waals surface area contributed by atoms with Crippen LogP contribution in [0.25, 0.3) is 11.2 Å². The first-order valence-electron chi connectivity index (χ1n) is 7.73. The van der Waals surface area contributed by atoms with Crippen molar-refractivity contribution in [2.24, 2.45) is 20.0 Å². The number of carbonyl (C=O) groups excluding carboxylic acids is 1. The lowest BCUT2D eigenvalue weighted by molar-refractivity contribution is -0.123. The summed E-state index contributed by atoms with van der Waals surface area (Å²) in [7, 11) is 2.81. The Morgan fingerprint density at radius 2 is 2.04 bits per heavy atom. The van der Waals surface area contributed by atoms with Gasteiger partial charge in [-0.1, -0.05) is 0 Å². The van der Waals surface area contributed by atoms with Crippen LogP contribution in [0.1, 0.15) is 19.8 Å². The minimum absolute atomic E-state index is 0.0647. The quantitative estimate of drug-likeness (QED) is 0.760. The van der Waals surface area contributed by atoms with E-state index in [-0.39, 0.29) is 28.9 Å². The first-order chi connectivity index (χ1) is 11.7. The SMILES string of the molecule is Cn1c(=O)c2c(nc(Cl)n2CC(=O)N[C@](C)(C#N)C2CC2)n(C)c1=O. The fraction of sp³-hybridized carbons (Fsp3) is 0.533. The average Bonchev–Trinajstić information content (AvgIpc) is 3.37. The number of halogens is 1. The van der Waals surface area contributed by atoms with Gasteiger partial charge in [-0.3, -0.25) is 23.3 Å². The Balaban J connectivity index is 2.01. The summed E-state index contributed by atoms with van der Waals surface area (Å²) in [6.45, 7) is 1.41. The predicted molar refractivity (Wildman–Crippen MR) is 90.1 cm³/mol. The molecule has 10 heteroatoms. The maximum Gasteiger partial charge on any atom is 0.332 e. The highest BCUT2D eigenvalue weighted by Crippen LogP contribution is 2.39. The van der Waals surface area contributed by atoms with E-state index in [4.69, 9.17) is 11.6 Å². The molecule has 0 bridgehead atoms. The fourth-order valence-corrected chi connectivity index (χ4v) is 3.14. The lowest BCUT2D eigenvalue weighted by atomic mass is 9.98. The zero-order valence-electron chi connectivity index (χ0n) is 14.0. The molecule has 1 aliphatic rings. The van der Waals surface area contributed by atoms with Crippen molar-refractivity contribution in [3.8, 4) is 6.07 Å². The highest BCUT2D eigenvalue weighted by molar-refractivity contribution is 6.29. The van der Waals surface area contributed by atoms with Crippen LogP contribution in [-0.2, 0) is 25.4 Å². The van der Waals surface area contributed by atoms with E-state index in [1.165, 1.54) is 23.2 Å². The smallest absolute Gasteiger partial charge is 0.332 e. The van der Waals surface area contributed by atoms with Gasteiger partial charge in [-0.15, -0.1) is 0 Å². The lowest BCUT2D eigenvalue weighted by Crippen LogP contribution is -2.48. The molecular formula is C15H17ClN6O3. The molecule has 1 aliphatic carbocycles. The molecule has 132 valence electrons. The molecule has 0 aliphatic heterocycles. The van der Waals surface area contributed by atoms with E-state index in [1.807, 2.05) is 0 Å². The van der Waals surface area contributed by atoms with Gasteiger partial charge in [0.1, 0.15) is 12.1 Å². The number of fused-ring (bicyclic) bond motifs is 1. The van der Waals surface area contributed by atoms with Crippen LogP contribution in [-0.4, -0.2) is 30.1 Å². The second kappa shape index (κ2) is 5.74. The molecule has 1 amide bonds. The van der Waals surface area contributed by atoms with Crippen molar-refractivity contribution in [2.75, 3.05) is 0 Å². The summed E-state index contributed by atoms with van der Waals surface area (Å²) in [6, 6.07) is 2.14. The van der Waals surface area contributed by atoms with E-state index >= 15 is 0 Å². The van der Waals surface area contributed by atoms with Crippen LogP contribution in [0.3, 0.4) is 0 Å². The van der Waals surface area contributed by atoms with Crippen molar-refractivity contribution in [3.05, 3.63) is 26.1 Å². The highest BCUT2D eigenvalue weighted by Gasteiger charge is 2.43. The Morgan fingerprint density at radius 1 is 1.40 bits per heavy atom. The number of aryl methyl sites for hydroxylation is 1. The fourth-order valence-electron chi connectivity index (χ4n) is 2.92. The van der Waals surface area contributed by atoms with Gasteiger partial charge in [0.2, 0.25) is 11.2 Å². The molecular weight excluding hydrogens is 348 g/mol. The number of hydrogen-bond acceptors (Lipinski definition) is 5. The summed E-state index contributed by atoms with van der Waals surface area (Å²) in [5.74, 6) is -0.321. The standard InChI is InChI=1S/C15H17ClN6O3/c1-15(7-17,8-4-5-8)19-9(23)6-22-10-11(18-13(22)16)20(2)14(25)21(3)12(10)24/h8H,4-6H2,1-3H3,(H,19,23)/t15-/m1/s1. The number of imidazole rings is 1. The van der Waals surface area contributed by atoms with Crippen LogP contribution < -0.4 is 16.6 Å². The van der Waals surface area contributed by atoms with Crippen LogP contribution in [0.4, 0.5) is 0 Å². The Kier molecular flexibility index (Phi) is 3.95. The molecule has 9 nitrogen and oxygen atoms in total. The maximum absolute atomic E-state index is 12.4. The largest absolute Gasteiger partial charge is 0.336 e. The number of rotatable bonds is 4. The molecule has 2 aromatic heterocycles. The van der Waals surface area contributed by atoms with Crippen LogP contribution >= 0.6 is 11.6 Å². The molecule has 1 N–H and O–H groups in total. The summed E-state index contributed by atoms with van der Waals surface area (Å²) in [5, 5.41) is 12.0. The molecule has 1 saturated carbocycles. The summed E-state index contributed by atoms with van der Waals surface area (Å²) in [4.78, 5) is 40.8. The molecule has 1 atom stereocenters. The molecule has 0 radical (unpaired) electrons. The van der Waals surface area contributed by atoms with Crippen molar-refractivity contribution < 1.29 is 4.79 Å². The monoisotopic (exact) mass is 364 g/mol. The summed E-state index contributed by atoms with van der Waals surface area (Å²) in [5.41, 5.74) is -1.90. The minimum atomic E-state index is -0.947. The van der Waals surface area contributed by atoms with Crippen LogP contribution in [0.15, 0.2) is 9.59 Å². The summed E-state index contributed by atoms with van der Waals surface area (Å²) < 4.78 is 3.37. The molecule has 1 fully saturated rings. The number of nitrogens with zero attached hydrogens (tertiary/aromatic N) is 5. The second-order valence-corrected chi connectivity index (χ2v) is 6.82. The lowest BCUT2D eigenvalue weighted by Gasteiger charge is -2.23. The third-order valence-electron chi connectivity index (χ3n) is 4.63. The number of carbonyl (C=O) groups is 1. The first-order valence-corrected chi connectivity index (χ1v) is 8.11. The van der Waals surface area contributed by atoms with Gasteiger partial charge in [0.15, 0.2) is 11.2 Å². The van der Waals surface area contributed by atoms with E-state index < -0.39 is 22.7 Å². The van der Waals surface area contributed by atoms with Gasteiger partial charge < -0.3 is 5.32 Å². The van der Waals surface area contributed by atoms with Gasteiger partial charge >= 0.3 is 5.69 Å². The third-order valence-corrected chi connectivity index (χ3v) is 4.92. The van der Waals surface area contributed by atoms with Crippen LogP contribution in [0, 0.1) is 17.2 Å². The molecule has 0 aromatic carbocycles. The van der Waals surface area contributed by atoms with Crippen molar-refractivity contribution in [2.45, 2.75) is 31.8 Å². The van der Waals surface area contributed by atoms with E-state index in [1.54, 1.807) is 6.92 Å². The van der Waals surface area contributed by atoms with E-state index in [2.05, 4.69) is 16.4 Å². The Hall–Kier alpha value is -2.60. The Morgan fingerprint density at radius 3 is 2.60 bits per heavy atom. The normalized spacial score (nSPS) is 16.4. The zero-order chi connectivity index (χ0) is 18.5. The van der Waals surface area contributed by atoms with E-state index in [0.717, 1.165) is 17.4 Å². The number of nitrogens with one attached hydrogen (secondary N) is 1. The minimum Gasteiger partial charge on any atom is -0.336 e. The molecule has 2 heterocycles. The van der Waals surface area contributed by atoms with Crippen molar-refractivity contribution in [3.63, 3.8) is 0 Å². The molecule has 0 saturated heterocycles. The first kappa shape index (κ1) is 17.2. The maximum atomic E-state index is 12.4. The van der Waals surface area contributed by atoms with Crippen molar-refractivity contribution >= 4 is 28.7 Å². The van der Waals surface area contributed by atoms with Gasteiger partial charge in [0.05, 0.1) is 6.07 Å². The number of nitriles is 1. The zero-order valence-corrected chi connectivity index (χ0v) is 14.8. The third kappa shape index (κ3) is 2.72. The van der Waals surface area contributed by atoms with E-state index in [0.29, 0.717) is 0 Å². The van der Waals surface area contributed by atoms with Crippen molar-refractivity contribution in [1.29, 1.82) is 5.26 Å². The highest BCUT2D eigenvalue weighted by atomic mass is 35.5. The molecule has 25 heavy (non-hydrogen) atoms. The summed E-state index contributed by atoms with van der Waals surface area (Å²) in [6.07, 6.45) is 1.78. The second-order valence-electron chi connectivity index (χ2n) is 6.48. The van der Waals surface area contributed by atoms with Gasteiger partial charge in [-0.05, 0) is 37.3 Å². The number of hydrogen-bond donors (Lipinski definition) is 1. The average molecular weight is 365 g/mol. The van der Waals surface area contributed by atoms with Gasteiger partial charge in [0.25, 0.3) is 5.56 Å².